The average Bonchev–Trinajstić information content (AvgIpc) is 3.23. The maximum Gasteiger partial charge on any atom is 0.242 e. The van der Waals surface area contributed by atoms with Crippen molar-refractivity contribution >= 4 is 24.3 Å². The minimum atomic E-state index is 0. The van der Waals surface area contributed by atoms with E-state index in [1.807, 2.05) is 12.4 Å². The normalized spacial score (nSPS) is 14.5. The Balaban J connectivity index is 0.00000208. The molecule has 1 aliphatic rings. The zero-order chi connectivity index (χ0) is 16.1. The number of aryl methyl sites for hydroxylation is 2. The number of nitrogens with one attached hydrogen (secondary N) is 2. The lowest BCUT2D eigenvalue weighted by molar-refractivity contribution is -0.122. The van der Waals surface area contributed by atoms with E-state index in [2.05, 4.69) is 25.6 Å². The Hall–Kier alpha value is -2.09. The molecule has 1 amide bonds. The number of imidazole rings is 1. The second-order valence-electron chi connectivity index (χ2n) is 6.09. The Morgan fingerprint density at radius 1 is 1.33 bits per heavy atom. The largest absolute Gasteiger partial charge is 0.369 e. The van der Waals surface area contributed by atoms with Crippen molar-refractivity contribution in [2.75, 3.05) is 5.73 Å². The average molecular weight is 354 g/mol. The molecule has 2 aromatic heterocycles. The van der Waals surface area contributed by atoms with Crippen molar-refractivity contribution < 1.29 is 4.79 Å². The number of hydrogen-bond acceptors (Lipinski definition) is 5. The highest BCUT2D eigenvalue weighted by Gasteiger charge is 2.17. The molecule has 9 heteroatoms. The van der Waals surface area contributed by atoms with E-state index in [9.17, 15) is 4.79 Å². The van der Waals surface area contributed by atoms with Gasteiger partial charge in [-0.25, -0.2) is 9.67 Å². The van der Waals surface area contributed by atoms with E-state index in [1.165, 1.54) is 12.8 Å². The first-order valence-electron chi connectivity index (χ1n) is 8.17. The zero-order valence-corrected chi connectivity index (χ0v) is 14.4. The number of rotatable bonds is 7. The molecular formula is C15H24ClN7O. The fraction of sp³-hybridized carbons (Fsp3) is 0.600. The summed E-state index contributed by atoms with van der Waals surface area (Å²) in [5.74, 6) is 0.458. The third-order valence-electron chi connectivity index (χ3n) is 4.13. The highest BCUT2D eigenvalue weighted by Crippen LogP contribution is 2.17. The smallest absolute Gasteiger partial charge is 0.242 e. The van der Waals surface area contributed by atoms with E-state index < -0.39 is 0 Å². The number of nitrogens with two attached hydrogens (primary N) is 1. The van der Waals surface area contributed by atoms with Crippen molar-refractivity contribution in [3.63, 3.8) is 0 Å². The Morgan fingerprint density at radius 3 is 2.79 bits per heavy atom. The number of aromatic nitrogens is 5. The van der Waals surface area contributed by atoms with Gasteiger partial charge >= 0.3 is 0 Å². The monoisotopic (exact) mass is 353 g/mol. The van der Waals surface area contributed by atoms with Crippen LogP contribution in [0.25, 0.3) is 0 Å². The first-order chi connectivity index (χ1) is 11.2. The van der Waals surface area contributed by atoms with Crippen LogP contribution in [0.5, 0.6) is 0 Å². The number of hydrogen-bond donors (Lipinski definition) is 3. The Kier molecular flexibility index (Phi) is 6.60. The summed E-state index contributed by atoms with van der Waals surface area (Å²) in [5.41, 5.74) is 7.38. The topological polar surface area (TPSA) is 115 Å². The number of aromatic amines is 1. The number of anilines is 1. The molecule has 132 valence electrons. The summed E-state index contributed by atoms with van der Waals surface area (Å²) in [6, 6.07) is 0.340. The van der Waals surface area contributed by atoms with Crippen LogP contribution < -0.4 is 11.1 Å². The molecule has 0 aromatic carbocycles. The van der Waals surface area contributed by atoms with Crippen LogP contribution in [0.2, 0.25) is 0 Å². The fourth-order valence-electron chi connectivity index (χ4n) is 2.98. The number of carbonyl (C=O) groups is 1. The van der Waals surface area contributed by atoms with Crippen LogP contribution in [0.1, 0.15) is 43.5 Å². The number of amides is 1. The lowest BCUT2D eigenvalue weighted by Crippen LogP contribution is -2.35. The van der Waals surface area contributed by atoms with Crippen molar-refractivity contribution in [1.29, 1.82) is 0 Å². The summed E-state index contributed by atoms with van der Waals surface area (Å²) in [5, 5.41) is 11.2. The van der Waals surface area contributed by atoms with Gasteiger partial charge in [0.1, 0.15) is 6.54 Å². The van der Waals surface area contributed by atoms with E-state index in [4.69, 9.17) is 5.73 Å². The van der Waals surface area contributed by atoms with Crippen LogP contribution in [0.4, 0.5) is 5.95 Å². The van der Waals surface area contributed by atoms with Crippen LogP contribution in [-0.4, -0.2) is 36.9 Å². The first kappa shape index (κ1) is 18.3. The molecule has 0 radical (unpaired) electrons. The molecule has 0 bridgehead atoms. The van der Waals surface area contributed by atoms with Crippen molar-refractivity contribution in [3.8, 4) is 0 Å². The molecule has 0 saturated heterocycles. The summed E-state index contributed by atoms with van der Waals surface area (Å²) in [6.07, 6.45) is 10.8. The minimum Gasteiger partial charge on any atom is -0.369 e. The summed E-state index contributed by atoms with van der Waals surface area (Å²) in [6.45, 7) is 0.236. The lowest BCUT2D eigenvalue weighted by Gasteiger charge is -2.11. The van der Waals surface area contributed by atoms with Crippen molar-refractivity contribution in [3.05, 3.63) is 23.8 Å². The molecular weight excluding hydrogens is 330 g/mol. The van der Waals surface area contributed by atoms with E-state index in [0.29, 0.717) is 12.0 Å². The highest BCUT2D eigenvalue weighted by atomic mass is 35.5. The number of nitrogens with zero attached hydrogens (tertiary/aromatic N) is 4. The maximum absolute atomic E-state index is 12.0. The Bertz CT molecular complexity index is 648. The molecule has 24 heavy (non-hydrogen) atoms. The quantitative estimate of drug-likeness (QED) is 0.692. The van der Waals surface area contributed by atoms with Crippen molar-refractivity contribution in [1.82, 2.24) is 30.3 Å². The molecule has 0 atom stereocenters. The minimum absolute atomic E-state index is 0. The summed E-state index contributed by atoms with van der Waals surface area (Å²) < 4.78 is 1.60. The Labute approximate surface area is 147 Å². The first-order valence-corrected chi connectivity index (χ1v) is 8.17. The van der Waals surface area contributed by atoms with Gasteiger partial charge in [0.05, 0.1) is 11.4 Å². The number of halogens is 1. The number of carbonyl (C=O) groups excluding carboxylic acids is 1. The van der Waals surface area contributed by atoms with Gasteiger partial charge in [0.25, 0.3) is 0 Å². The van der Waals surface area contributed by atoms with Crippen LogP contribution in [-0.2, 0) is 24.2 Å². The highest BCUT2D eigenvalue weighted by molar-refractivity contribution is 5.85. The van der Waals surface area contributed by atoms with E-state index in [-0.39, 0.29) is 24.9 Å². The van der Waals surface area contributed by atoms with E-state index in [0.717, 1.165) is 43.5 Å². The summed E-state index contributed by atoms with van der Waals surface area (Å²) in [4.78, 5) is 19.0. The second-order valence-corrected chi connectivity index (χ2v) is 6.09. The van der Waals surface area contributed by atoms with Gasteiger partial charge in [0.15, 0.2) is 5.95 Å². The van der Waals surface area contributed by atoms with Gasteiger partial charge in [-0.15, -0.1) is 17.5 Å². The van der Waals surface area contributed by atoms with Crippen LogP contribution in [0.15, 0.2) is 12.4 Å². The van der Waals surface area contributed by atoms with Gasteiger partial charge in [0.2, 0.25) is 5.91 Å². The second kappa shape index (κ2) is 8.68. The van der Waals surface area contributed by atoms with Gasteiger partial charge in [-0.05, 0) is 32.1 Å². The molecule has 0 spiro atoms. The third kappa shape index (κ3) is 5.23. The molecule has 4 N–H and O–H groups in total. The molecule has 0 unspecified atom stereocenters. The molecule has 8 nitrogen and oxygen atoms in total. The molecule has 1 fully saturated rings. The SMILES string of the molecule is Cl.Nc1nc(CCCc2cn(CC(=O)NC3CCCC3)nn2)c[nH]1. The third-order valence-corrected chi connectivity index (χ3v) is 4.13. The van der Waals surface area contributed by atoms with Crippen molar-refractivity contribution in [2.45, 2.75) is 57.5 Å². The molecule has 0 aliphatic heterocycles. The van der Waals surface area contributed by atoms with Crippen LogP contribution in [0, 0.1) is 0 Å². The summed E-state index contributed by atoms with van der Waals surface area (Å²) in [7, 11) is 0. The Morgan fingerprint density at radius 2 is 2.08 bits per heavy atom. The molecule has 1 aliphatic carbocycles. The predicted molar refractivity (Wildman–Crippen MR) is 92.7 cm³/mol. The predicted octanol–water partition coefficient (Wildman–Crippen LogP) is 1.24. The molecule has 1 saturated carbocycles. The van der Waals surface area contributed by atoms with Gasteiger partial charge in [-0.2, -0.15) is 0 Å². The lowest BCUT2D eigenvalue weighted by atomic mass is 10.2. The van der Waals surface area contributed by atoms with Gasteiger partial charge in [0, 0.05) is 18.4 Å². The standard InChI is InChI=1S/C15H23N7O.ClH/c16-15-17-8-12(19-15)6-3-7-13-9-22(21-20-13)10-14(23)18-11-4-1-2-5-11;/h8-9,11H,1-7,10H2,(H,18,23)(H3,16,17,19);1H. The fourth-order valence-corrected chi connectivity index (χ4v) is 2.98. The van der Waals surface area contributed by atoms with E-state index in [1.54, 1.807) is 4.68 Å². The van der Waals surface area contributed by atoms with Gasteiger partial charge in [-0.1, -0.05) is 18.1 Å². The molecule has 2 heterocycles. The van der Waals surface area contributed by atoms with Crippen LogP contribution in [0.3, 0.4) is 0 Å². The zero-order valence-electron chi connectivity index (χ0n) is 13.6. The van der Waals surface area contributed by atoms with Crippen LogP contribution >= 0.6 is 12.4 Å². The van der Waals surface area contributed by atoms with Gasteiger partial charge in [-0.3, -0.25) is 4.79 Å². The summed E-state index contributed by atoms with van der Waals surface area (Å²) >= 11 is 0. The molecule has 3 rings (SSSR count). The van der Waals surface area contributed by atoms with Crippen molar-refractivity contribution in [2.24, 2.45) is 0 Å². The maximum atomic E-state index is 12.0. The molecule has 2 aromatic rings. The van der Waals surface area contributed by atoms with E-state index >= 15 is 0 Å². The number of H-pyrrole nitrogens is 1. The van der Waals surface area contributed by atoms with Gasteiger partial charge < -0.3 is 16.0 Å². The number of nitrogen functional groups attached to an aromatic ring is 1.